The number of nitrogens with two attached hydrogens (primary N) is 1. The number of hydrogen-bond acceptors (Lipinski definition) is 3. The van der Waals surface area contributed by atoms with Crippen molar-refractivity contribution in [2.45, 2.75) is 58.3 Å². The van der Waals surface area contributed by atoms with Gasteiger partial charge in [0.05, 0.1) is 12.7 Å². The minimum absolute atomic E-state index is 0. The lowest BCUT2D eigenvalue weighted by Gasteiger charge is -2.15. The molecule has 0 bridgehead atoms. The normalized spacial score (nSPS) is 20.7. The number of ether oxygens (including phenoxy) is 1. The van der Waals surface area contributed by atoms with E-state index in [4.69, 9.17) is 10.5 Å². The van der Waals surface area contributed by atoms with Crippen LogP contribution >= 0.6 is 12.4 Å². The van der Waals surface area contributed by atoms with Gasteiger partial charge < -0.3 is 15.8 Å². The topological polar surface area (TPSA) is 64.3 Å². The van der Waals surface area contributed by atoms with Crippen molar-refractivity contribution in [3.05, 3.63) is 29.8 Å². The average molecular weight is 327 g/mol. The third-order valence-electron chi connectivity index (χ3n) is 3.96. The van der Waals surface area contributed by atoms with E-state index in [0.717, 1.165) is 30.5 Å². The summed E-state index contributed by atoms with van der Waals surface area (Å²) < 4.78 is 5.58. The zero-order chi connectivity index (χ0) is 15.2. The van der Waals surface area contributed by atoms with Crippen molar-refractivity contribution in [2.75, 3.05) is 5.32 Å². The van der Waals surface area contributed by atoms with Gasteiger partial charge in [-0.1, -0.05) is 18.6 Å². The van der Waals surface area contributed by atoms with E-state index in [1.165, 1.54) is 0 Å². The maximum atomic E-state index is 12.1. The van der Waals surface area contributed by atoms with Gasteiger partial charge in [0, 0.05) is 18.2 Å². The molecule has 124 valence electrons. The smallest absolute Gasteiger partial charge is 0.224 e. The monoisotopic (exact) mass is 326 g/mol. The summed E-state index contributed by atoms with van der Waals surface area (Å²) in [5.41, 5.74) is 7.91. The quantitative estimate of drug-likeness (QED) is 0.841. The molecule has 22 heavy (non-hydrogen) atoms. The Morgan fingerprint density at radius 2 is 2.18 bits per heavy atom. The van der Waals surface area contributed by atoms with Crippen molar-refractivity contribution in [1.29, 1.82) is 0 Å². The summed E-state index contributed by atoms with van der Waals surface area (Å²) in [5, 5.41) is 2.97. The van der Waals surface area contributed by atoms with E-state index >= 15 is 0 Å². The Hall–Kier alpha value is -1.10. The lowest BCUT2D eigenvalue weighted by molar-refractivity contribution is -0.117. The van der Waals surface area contributed by atoms with Crippen molar-refractivity contribution in [3.8, 4) is 0 Å². The van der Waals surface area contributed by atoms with Crippen molar-refractivity contribution < 1.29 is 9.53 Å². The van der Waals surface area contributed by atoms with Gasteiger partial charge in [-0.3, -0.25) is 4.79 Å². The lowest BCUT2D eigenvalue weighted by Crippen LogP contribution is -2.28. The molecule has 0 aliphatic heterocycles. The van der Waals surface area contributed by atoms with E-state index < -0.39 is 0 Å². The molecule has 4 nitrogen and oxygen atoms in total. The first-order chi connectivity index (χ1) is 10.0. The van der Waals surface area contributed by atoms with Crippen LogP contribution in [0.15, 0.2) is 24.3 Å². The van der Waals surface area contributed by atoms with E-state index in [-0.39, 0.29) is 30.5 Å². The number of carbonyl (C=O) groups is 1. The van der Waals surface area contributed by atoms with Gasteiger partial charge in [0.25, 0.3) is 0 Å². The van der Waals surface area contributed by atoms with Gasteiger partial charge in [-0.2, -0.15) is 0 Å². The van der Waals surface area contributed by atoms with Crippen LogP contribution in [0.2, 0.25) is 0 Å². The van der Waals surface area contributed by atoms with Crippen LogP contribution in [0, 0.1) is 5.92 Å². The molecule has 1 aliphatic rings. The van der Waals surface area contributed by atoms with Gasteiger partial charge >= 0.3 is 0 Å². The summed E-state index contributed by atoms with van der Waals surface area (Å²) in [7, 11) is 0. The molecule has 1 saturated carbocycles. The zero-order valence-electron chi connectivity index (χ0n) is 13.4. The molecule has 3 N–H and O–H groups in total. The molecule has 1 aromatic carbocycles. The maximum absolute atomic E-state index is 12.1. The summed E-state index contributed by atoms with van der Waals surface area (Å²) >= 11 is 0. The summed E-state index contributed by atoms with van der Waals surface area (Å²) in [6, 6.07) is 8.00. The first-order valence-corrected chi connectivity index (χ1v) is 7.80. The van der Waals surface area contributed by atoms with E-state index in [1.54, 1.807) is 0 Å². The highest BCUT2D eigenvalue weighted by Gasteiger charge is 2.25. The fourth-order valence-electron chi connectivity index (χ4n) is 2.77. The van der Waals surface area contributed by atoms with E-state index in [9.17, 15) is 4.79 Å². The summed E-state index contributed by atoms with van der Waals surface area (Å²) in [6.45, 7) is 4.59. The predicted octanol–water partition coefficient (Wildman–Crippen LogP) is 3.49. The van der Waals surface area contributed by atoms with Crippen molar-refractivity contribution in [1.82, 2.24) is 0 Å². The van der Waals surface area contributed by atoms with Crippen LogP contribution in [-0.4, -0.2) is 18.1 Å². The number of halogens is 1. The van der Waals surface area contributed by atoms with Gasteiger partial charge in [-0.15, -0.1) is 12.4 Å². The van der Waals surface area contributed by atoms with Crippen LogP contribution in [0.4, 0.5) is 5.69 Å². The summed E-state index contributed by atoms with van der Waals surface area (Å²) in [4.78, 5) is 12.1. The van der Waals surface area contributed by atoms with Gasteiger partial charge in [0.2, 0.25) is 5.91 Å². The standard InChI is InChI=1S/C17H26N2O2.ClH/c1-12(2)21-11-13-5-3-7-15(9-13)19-17(20)10-14-6-4-8-16(14)18;/h3,5,7,9,12,14,16H,4,6,8,10-11,18H2,1-2H3,(H,19,20);1H/t14-,16+;/m0./s1. The molecule has 0 saturated heterocycles. The number of benzene rings is 1. The fraction of sp³-hybridized carbons (Fsp3) is 0.588. The Bertz CT molecular complexity index is 479. The first-order valence-electron chi connectivity index (χ1n) is 7.80. The highest BCUT2D eigenvalue weighted by molar-refractivity contribution is 5.91. The van der Waals surface area contributed by atoms with E-state index in [0.29, 0.717) is 18.9 Å². The molecule has 0 spiro atoms. The van der Waals surface area contributed by atoms with Crippen LogP contribution < -0.4 is 11.1 Å². The van der Waals surface area contributed by atoms with Gasteiger partial charge in [0.1, 0.15) is 0 Å². The summed E-state index contributed by atoms with van der Waals surface area (Å²) in [5.74, 6) is 0.386. The fourth-order valence-corrected chi connectivity index (χ4v) is 2.77. The van der Waals surface area contributed by atoms with Crippen molar-refractivity contribution in [2.24, 2.45) is 11.7 Å². The van der Waals surface area contributed by atoms with Crippen molar-refractivity contribution >= 4 is 24.0 Å². The third kappa shape index (κ3) is 5.95. The molecule has 0 radical (unpaired) electrons. The SMILES string of the molecule is CC(C)OCc1cccc(NC(=O)C[C@@H]2CCC[C@H]2N)c1.Cl. The average Bonchev–Trinajstić information content (AvgIpc) is 2.82. The number of hydrogen-bond donors (Lipinski definition) is 2. The third-order valence-corrected chi connectivity index (χ3v) is 3.96. The maximum Gasteiger partial charge on any atom is 0.224 e. The molecule has 0 heterocycles. The second-order valence-corrected chi connectivity index (χ2v) is 6.17. The van der Waals surface area contributed by atoms with Gasteiger partial charge in [-0.25, -0.2) is 0 Å². The Morgan fingerprint density at radius 3 is 2.82 bits per heavy atom. The molecule has 1 aromatic rings. The van der Waals surface area contributed by atoms with E-state index in [2.05, 4.69) is 5.32 Å². The first kappa shape index (κ1) is 18.9. The second kappa shape index (κ2) is 9.13. The minimum Gasteiger partial charge on any atom is -0.374 e. The minimum atomic E-state index is 0. The molecule has 5 heteroatoms. The Labute approximate surface area is 139 Å². The van der Waals surface area contributed by atoms with Crippen LogP contribution in [0.1, 0.15) is 45.1 Å². The lowest BCUT2D eigenvalue weighted by atomic mass is 10.00. The number of anilines is 1. The number of amides is 1. The van der Waals surface area contributed by atoms with Crippen LogP contribution in [0.5, 0.6) is 0 Å². The number of nitrogens with one attached hydrogen (secondary N) is 1. The van der Waals surface area contributed by atoms with E-state index in [1.807, 2.05) is 38.1 Å². The summed E-state index contributed by atoms with van der Waals surface area (Å²) in [6.07, 6.45) is 3.97. The molecule has 1 amide bonds. The zero-order valence-corrected chi connectivity index (χ0v) is 14.2. The molecular weight excluding hydrogens is 300 g/mol. The highest BCUT2D eigenvalue weighted by Crippen LogP contribution is 2.27. The van der Waals surface area contributed by atoms with Crippen LogP contribution in [0.3, 0.4) is 0 Å². The van der Waals surface area contributed by atoms with Crippen LogP contribution in [0.25, 0.3) is 0 Å². The molecule has 2 atom stereocenters. The molecule has 2 rings (SSSR count). The number of carbonyl (C=O) groups excluding carboxylic acids is 1. The second-order valence-electron chi connectivity index (χ2n) is 6.17. The Balaban J connectivity index is 0.00000242. The largest absolute Gasteiger partial charge is 0.374 e. The van der Waals surface area contributed by atoms with Gasteiger partial charge in [-0.05, 0) is 50.3 Å². The molecular formula is C17H27ClN2O2. The highest BCUT2D eigenvalue weighted by atomic mass is 35.5. The molecule has 0 aromatic heterocycles. The van der Waals surface area contributed by atoms with Gasteiger partial charge in [0.15, 0.2) is 0 Å². The molecule has 1 aliphatic carbocycles. The predicted molar refractivity (Wildman–Crippen MR) is 92.2 cm³/mol. The van der Waals surface area contributed by atoms with Crippen molar-refractivity contribution in [3.63, 3.8) is 0 Å². The number of rotatable bonds is 6. The molecule has 0 unspecified atom stereocenters. The van der Waals surface area contributed by atoms with Crippen LogP contribution in [-0.2, 0) is 16.1 Å². The molecule has 1 fully saturated rings. The Kier molecular flexibility index (Phi) is 7.87. The Morgan fingerprint density at radius 1 is 1.41 bits per heavy atom.